The zero-order valence-electron chi connectivity index (χ0n) is 27.2. The van der Waals surface area contributed by atoms with Gasteiger partial charge in [0.25, 0.3) is 0 Å². The number of benzene rings is 4. The van der Waals surface area contributed by atoms with Crippen molar-refractivity contribution in [2.45, 2.75) is 115 Å². The molecule has 0 bridgehead atoms. The Hall–Kier alpha value is -1.52. The Labute approximate surface area is 300 Å². The Kier molecular flexibility index (Phi) is 16.5. The molecule has 4 aromatic carbocycles. The van der Waals surface area contributed by atoms with Crippen LogP contribution < -0.4 is 0 Å². The van der Waals surface area contributed by atoms with Gasteiger partial charge in [-0.3, -0.25) is 0 Å². The van der Waals surface area contributed by atoms with Crippen molar-refractivity contribution in [3.63, 3.8) is 0 Å². The van der Waals surface area contributed by atoms with Crippen LogP contribution in [-0.4, -0.2) is 63.7 Å². The zero-order chi connectivity index (χ0) is 32.3. The van der Waals surface area contributed by atoms with Gasteiger partial charge >= 0.3 is 37.7 Å². The molecule has 240 valence electrons. The Morgan fingerprint density at radius 1 is 0.489 bits per heavy atom. The van der Waals surface area contributed by atoms with Crippen molar-refractivity contribution >= 4 is 79.5 Å². The molecular formula is C36H46CaO6S2. The van der Waals surface area contributed by atoms with Gasteiger partial charge < -0.3 is 9.11 Å². The summed E-state index contributed by atoms with van der Waals surface area (Å²) in [6, 6.07) is 18.5. The second-order valence-corrected chi connectivity index (χ2v) is 14.2. The molecule has 0 fully saturated rings. The van der Waals surface area contributed by atoms with Crippen molar-refractivity contribution in [2.24, 2.45) is 0 Å². The molecule has 0 radical (unpaired) electrons. The molecular weight excluding hydrogens is 633 g/mol. The first-order chi connectivity index (χ1) is 20.9. The van der Waals surface area contributed by atoms with Gasteiger partial charge in [-0.15, -0.1) is 0 Å². The molecule has 45 heavy (non-hydrogen) atoms. The van der Waals surface area contributed by atoms with Gasteiger partial charge in [0.1, 0.15) is 20.2 Å². The summed E-state index contributed by atoms with van der Waals surface area (Å²) in [7, 11) is -8.93. The van der Waals surface area contributed by atoms with E-state index in [-0.39, 0.29) is 47.5 Å². The van der Waals surface area contributed by atoms with Crippen molar-refractivity contribution in [1.82, 2.24) is 0 Å². The van der Waals surface area contributed by atoms with Gasteiger partial charge in [0.15, 0.2) is 0 Å². The van der Waals surface area contributed by atoms with Crippen molar-refractivity contribution in [3.8, 4) is 0 Å². The van der Waals surface area contributed by atoms with Crippen LogP contribution in [0.15, 0.2) is 70.5 Å². The molecule has 0 unspecified atom stereocenters. The monoisotopic (exact) mass is 678 g/mol. The molecule has 0 spiro atoms. The molecule has 0 N–H and O–H groups in total. The molecule has 0 saturated carbocycles. The molecule has 0 aliphatic carbocycles. The standard InChI is InChI=1S/2C18H24O3S.Ca/c2*1-3-5-8-14-12-17-15(9-6-4-2)10-7-11-16(17)18(13-14)22(19,20)21;/h2*7,10-13H,3-6,8-9H2,1-2H3,(H,19,20,21);/q;;+2/p-2. The van der Waals surface area contributed by atoms with Crippen LogP contribution in [0.1, 0.15) is 101 Å². The molecule has 0 atom stereocenters. The SMILES string of the molecule is CCCCc1cc(S(=O)(=O)[O-])c2cccc(CCCC)c2c1.CCCCc1cc(S(=O)(=O)[O-])c2cccc(CCCC)c2c1.[Ca+2]. The fourth-order valence-corrected chi connectivity index (χ4v) is 7.06. The molecule has 0 aromatic heterocycles. The normalized spacial score (nSPS) is 11.7. The van der Waals surface area contributed by atoms with Crippen LogP contribution in [0, 0.1) is 0 Å². The first kappa shape index (κ1) is 39.7. The number of rotatable bonds is 14. The van der Waals surface area contributed by atoms with E-state index in [0.29, 0.717) is 10.8 Å². The van der Waals surface area contributed by atoms with Gasteiger partial charge in [0, 0.05) is 0 Å². The predicted molar refractivity (Wildman–Crippen MR) is 184 cm³/mol. The number of aryl methyl sites for hydroxylation is 4. The molecule has 4 aromatic rings. The van der Waals surface area contributed by atoms with Gasteiger partial charge in [-0.25, -0.2) is 16.8 Å². The van der Waals surface area contributed by atoms with Crippen molar-refractivity contribution in [1.29, 1.82) is 0 Å². The van der Waals surface area contributed by atoms with Crippen molar-refractivity contribution < 1.29 is 25.9 Å². The second-order valence-electron chi connectivity index (χ2n) is 11.5. The van der Waals surface area contributed by atoms with E-state index in [1.807, 2.05) is 24.3 Å². The third-order valence-electron chi connectivity index (χ3n) is 7.99. The zero-order valence-corrected chi connectivity index (χ0v) is 31.1. The summed E-state index contributed by atoms with van der Waals surface area (Å²) < 4.78 is 69.9. The maximum Gasteiger partial charge on any atom is 2.00 e. The maximum absolute atomic E-state index is 11.6. The minimum atomic E-state index is -4.46. The number of unbranched alkanes of at least 4 members (excludes halogenated alkanes) is 4. The fourth-order valence-electron chi connectivity index (χ4n) is 5.58. The summed E-state index contributed by atoms with van der Waals surface area (Å²) in [6.07, 6.45) is 11.7. The van der Waals surface area contributed by atoms with Crippen LogP contribution in [-0.2, 0) is 45.9 Å². The molecule has 0 aliphatic rings. The van der Waals surface area contributed by atoms with Gasteiger partial charge in [0.05, 0.1) is 9.79 Å². The van der Waals surface area contributed by atoms with Gasteiger partial charge in [-0.2, -0.15) is 0 Å². The number of hydrogen-bond donors (Lipinski definition) is 0. The predicted octanol–water partition coefficient (Wildman–Crippen LogP) is 8.48. The maximum atomic E-state index is 11.6. The second kappa shape index (κ2) is 18.7. The summed E-state index contributed by atoms with van der Waals surface area (Å²) in [5.41, 5.74) is 4.13. The topological polar surface area (TPSA) is 114 Å². The summed E-state index contributed by atoms with van der Waals surface area (Å²) in [5.74, 6) is 0. The minimum Gasteiger partial charge on any atom is -0.744 e. The van der Waals surface area contributed by atoms with Crippen LogP contribution in [0.3, 0.4) is 0 Å². The van der Waals surface area contributed by atoms with Crippen LogP contribution in [0.4, 0.5) is 0 Å². The van der Waals surface area contributed by atoms with E-state index in [2.05, 4.69) is 39.8 Å². The molecule has 9 heteroatoms. The molecule has 6 nitrogen and oxygen atoms in total. The van der Waals surface area contributed by atoms with E-state index >= 15 is 0 Å². The van der Waals surface area contributed by atoms with E-state index < -0.39 is 20.2 Å². The van der Waals surface area contributed by atoms with E-state index in [1.54, 1.807) is 24.3 Å². The van der Waals surface area contributed by atoms with Crippen LogP contribution >= 0.6 is 0 Å². The molecule has 0 aliphatic heterocycles. The first-order valence-electron chi connectivity index (χ1n) is 15.9. The van der Waals surface area contributed by atoms with Crippen LogP contribution in [0.2, 0.25) is 0 Å². The average molecular weight is 679 g/mol. The average Bonchev–Trinajstić information content (AvgIpc) is 2.99. The van der Waals surface area contributed by atoms with Gasteiger partial charge in [0.2, 0.25) is 0 Å². The third kappa shape index (κ3) is 11.3. The largest absolute Gasteiger partial charge is 2.00 e. The molecule has 4 rings (SSSR count). The molecule has 0 amide bonds. The summed E-state index contributed by atoms with van der Waals surface area (Å²) in [6.45, 7) is 8.45. The van der Waals surface area contributed by atoms with Crippen molar-refractivity contribution in [2.75, 3.05) is 0 Å². The van der Waals surface area contributed by atoms with E-state index in [4.69, 9.17) is 0 Å². The Morgan fingerprint density at radius 2 is 0.822 bits per heavy atom. The van der Waals surface area contributed by atoms with Gasteiger partial charge in [-0.05, 0) is 107 Å². The van der Waals surface area contributed by atoms with E-state index in [9.17, 15) is 25.9 Å². The Bertz CT molecular complexity index is 1630. The Morgan fingerprint density at radius 3 is 1.13 bits per heavy atom. The quantitative estimate of drug-likeness (QED) is 0.0976. The minimum absolute atomic E-state index is 0. The van der Waals surface area contributed by atoms with Crippen molar-refractivity contribution in [3.05, 3.63) is 82.9 Å². The van der Waals surface area contributed by atoms with Crippen LogP contribution in [0.25, 0.3) is 21.5 Å². The smallest absolute Gasteiger partial charge is 0.744 e. The summed E-state index contributed by atoms with van der Waals surface area (Å²) >= 11 is 0. The molecule has 0 heterocycles. The third-order valence-corrected chi connectivity index (χ3v) is 9.75. The van der Waals surface area contributed by atoms with Gasteiger partial charge in [-0.1, -0.05) is 102 Å². The van der Waals surface area contributed by atoms with Crippen LogP contribution in [0.5, 0.6) is 0 Å². The van der Waals surface area contributed by atoms with E-state index in [0.717, 1.165) is 110 Å². The summed E-state index contributed by atoms with van der Waals surface area (Å²) in [4.78, 5) is -0.149. The number of hydrogen-bond acceptors (Lipinski definition) is 6. The molecule has 0 saturated heterocycles. The number of fused-ring (bicyclic) bond motifs is 2. The first-order valence-corrected chi connectivity index (χ1v) is 18.8. The fraction of sp³-hybridized carbons (Fsp3) is 0.444. The Balaban J connectivity index is 0.000000307. The summed E-state index contributed by atoms with van der Waals surface area (Å²) in [5, 5.41) is 2.95. The van der Waals surface area contributed by atoms with E-state index in [1.165, 1.54) is 0 Å².